The van der Waals surface area contributed by atoms with E-state index in [-0.39, 0.29) is 12.0 Å². The fraction of sp³-hybridized carbons (Fsp3) is 0.733. The number of likely N-dealkylation sites (N-methyl/N-ethyl adjacent to an activating group) is 1. The van der Waals surface area contributed by atoms with E-state index in [1.807, 2.05) is 20.8 Å². The number of benzene rings is 1. The quantitative estimate of drug-likeness (QED) is 0.154. The lowest BCUT2D eigenvalue weighted by molar-refractivity contribution is -0.114. The van der Waals surface area contributed by atoms with Gasteiger partial charge in [0.15, 0.2) is 0 Å². The molecule has 0 radical (unpaired) electrons. The Morgan fingerprint density at radius 1 is 0.628 bits per heavy atom. The van der Waals surface area contributed by atoms with Gasteiger partial charge in [0.2, 0.25) is 5.91 Å². The second-order valence-electron chi connectivity index (χ2n) is 10.2. The lowest BCUT2D eigenvalue weighted by Gasteiger charge is -2.24. The molecular weight excluding hydrogens is 564 g/mol. The van der Waals surface area contributed by atoms with E-state index < -0.39 is 5.60 Å². The summed E-state index contributed by atoms with van der Waals surface area (Å²) in [7, 11) is 1.68. The molecule has 0 heterocycles. The molecule has 0 aliphatic rings. The Hall–Kier alpha value is -2.52. The van der Waals surface area contributed by atoms with E-state index >= 15 is 0 Å². The van der Waals surface area contributed by atoms with Crippen molar-refractivity contribution in [2.45, 2.75) is 33.3 Å². The summed E-state index contributed by atoms with van der Waals surface area (Å²) in [5.74, 6) is 0.603. The van der Waals surface area contributed by atoms with E-state index in [1.165, 1.54) is 11.8 Å². The molecule has 0 unspecified atom stereocenters. The van der Waals surface area contributed by atoms with Gasteiger partial charge in [-0.15, -0.1) is 0 Å². The van der Waals surface area contributed by atoms with Gasteiger partial charge in [-0.25, -0.2) is 4.79 Å². The van der Waals surface area contributed by atoms with Crippen LogP contribution in [-0.4, -0.2) is 135 Å². The minimum absolute atomic E-state index is 0.110. The van der Waals surface area contributed by atoms with Crippen molar-refractivity contribution in [3.05, 3.63) is 24.3 Å². The number of nitrogens with one attached hydrogen (secondary N) is 1. The number of ether oxygens (including phenoxy) is 9. The summed E-state index contributed by atoms with van der Waals surface area (Å²) in [6.45, 7) is 14.4. The van der Waals surface area contributed by atoms with Crippen LogP contribution in [0.15, 0.2) is 24.3 Å². The minimum Gasteiger partial charge on any atom is -0.491 e. The average molecular weight is 617 g/mol. The lowest BCUT2D eigenvalue weighted by atomic mass is 10.2. The minimum atomic E-state index is -0.511. The van der Waals surface area contributed by atoms with Gasteiger partial charge < -0.3 is 52.8 Å². The summed E-state index contributed by atoms with van der Waals surface area (Å²) in [5, 5.41) is 2.71. The molecule has 0 fully saturated rings. The van der Waals surface area contributed by atoms with E-state index in [0.29, 0.717) is 111 Å². The number of amides is 2. The molecule has 1 N–H and O–H groups in total. The molecular formula is C30H52N2O11. The molecule has 0 spiro atoms. The maximum absolute atomic E-state index is 11.8. The van der Waals surface area contributed by atoms with Crippen molar-refractivity contribution in [3.8, 4) is 5.75 Å². The number of rotatable bonds is 26. The summed E-state index contributed by atoms with van der Waals surface area (Å²) in [6.07, 6.45) is -0.366. The molecule has 248 valence electrons. The summed E-state index contributed by atoms with van der Waals surface area (Å²) in [6, 6.07) is 7.16. The molecule has 2 amide bonds. The third-order valence-electron chi connectivity index (χ3n) is 5.18. The first-order chi connectivity index (χ1) is 20.7. The molecule has 13 nitrogen and oxygen atoms in total. The Kier molecular flexibility index (Phi) is 22.3. The maximum Gasteiger partial charge on any atom is 0.410 e. The van der Waals surface area contributed by atoms with Crippen molar-refractivity contribution >= 4 is 17.7 Å². The molecule has 1 rings (SSSR count). The van der Waals surface area contributed by atoms with E-state index in [1.54, 1.807) is 31.3 Å². The van der Waals surface area contributed by atoms with Gasteiger partial charge in [0.1, 0.15) is 18.0 Å². The second-order valence-corrected chi connectivity index (χ2v) is 10.2. The standard InChI is InChI=1S/C30H52N2O11/c1-26(33)31-27-6-8-28(9-7-27)42-25-24-41-23-22-40-21-20-39-19-18-38-17-16-37-15-14-36-13-12-35-11-10-32(5)29(34)43-30(2,3)4/h6-9H,10-25H2,1-5H3,(H,31,33). The first kappa shape index (κ1) is 38.5. The van der Waals surface area contributed by atoms with Gasteiger partial charge in [0, 0.05) is 26.2 Å². The zero-order valence-electron chi connectivity index (χ0n) is 26.6. The molecule has 43 heavy (non-hydrogen) atoms. The number of carbonyl (C=O) groups excluding carboxylic acids is 2. The van der Waals surface area contributed by atoms with Crippen LogP contribution in [0, 0.1) is 0 Å². The number of hydrogen-bond acceptors (Lipinski definition) is 11. The molecule has 1 aromatic carbocycles. The highest BCUT2D eigenvalue weighted by molar-refractivity contribution is 5.88. The van der Waals surface area contributed by atoms with Crippen LogP contribution in [0.2, 0.25) is 0 Å². The first-order valence-electron chi connectivity index (χ1n) is 14.7. The van der Waals surface area contributed by atoms with Crippen LogP contribution < -0.4 is 10.1 Å². The Bertz CT molecular complexity index is 834. The third-order valence-corrected chi connectivity index (χ3v) is 5.18. The van der Waals surface area contributed by atoms with Gasteiger partial charge in [-0.1, -0.05) is 0 Å². The van der Waals surface area contributed by atoms with E-state index in [4.69, 9.17) is 42.6 Å². The van der Waals surface area contributed by atoms with Gasteiger partial charge in [-0.3, -0.25) is 4.79 Å². The molecule has 0 aliphatic carbocycles. The predicted molar refractivity (Wildman–Crippen MR) is 161 cm³/mol. The normalized spacial score (nSPS) is 11.4. The van der Waals surface area contributed by atoms with Crippen LogP contribution in [0.4, 0.5) is 10.5 Å². The topological polar surface area (TPSA) is 132 Å². The smallest absolute Gasteiger partial charge is 0.410 e. The molecule has 0 atom stereocenters. The number of anilines is 1. The summed E-state index contributed by atoms with van der Waals surface area (Å²) in [4.78, 5) is 24.3. The van der Waals surface area contributed by atoms with Crippen molar-refractivity contribution in [1.82, 2.24) is 4.90 Å². The molecule has 0 saturated heterocycles. The van der Waals surface area contributed by atoms with Crippen molar-refractivity contribution in [1.29, 1.82) is 0 Å². The molecule has 0 aromatic heterocycles. The molecule has 0 bridgehead atoms. The van der Waals surface area contributed by atoms with Crippen molar-refractivity contribution in [2.75, 3.05) is 118 Å². The van der Waals surface area contributed by atoms with Crippen LogP contribution in [0.25, 0.3) is 0 Å². The SMILES string of the molecule is CC(=O)Nc1ccc(OCCOCCOCCOCCOCCOCCOCCOCCN(C)C(=O)OC(C)(C)C)cc1. The van der Waals surface area contributed by atoms with Crippen molar-refractivity contribution < 1.29 is 52.2 Å². The highest BCUT2D eigenvalue weighted by atomic mass is 16.6. The van der Waals surface area contributed by atoms with Gasteiger partial charge in [-0.2, -0.15) is 0 Å². The van der Waals surface area contributed by atoms with Crippen LogP contribution in [0.1, 0.15) is 27.7 Å². The summed E-state index contributed by atoms with van der Waals surface area (Å²) >= 11 is 0. The van der Waals surface area contributed by atoms with Gasteiger partial charge in [0.05, 0.1) is 92.5 Å². The largest absolute Gasteiger partial charge is 0.491 e. The zero-order valence-corrected chi connectivity index (χ0v) is 26.6. The maximum atomic E-state index is 11.8. The zero-order chi connectivity index (χ0) is 31.6. The number of nitrogens with zero attached hydrogens (tertiary/aromatic N) is 1. The van der Waals surface area contributed by atoms with Crippen LogP contribution in [0.3, 0.4) is 0 Å². The molecule has 1 aromatic rings. The summed E-state index contributed by atoms with van der Waals surface area (Å²) < 4.78 is 49.1. The van der Waals surface area contributed by atoms with Gasteiger partial charge >= 0.3 is 6.09 Å². The number of hydrogen-bond donors (Lipinski definition) is 1. The predicted octanol–water partition coefficient (Wildman–Crippen LogP) is 3.01. The summed E-state index contributed by atoms with van der Waals surface area (Å²) in [5.41, 5.74) is 0.218. The fourth-order valence-electron chi connectivity index (χ4n) is 3.11. The lowest BCUT2D eigenvalue weighted by Crippen LogP contribution is -2.36. The van der Waals surface area contributed by atoms with Crippen molar-refractivity contribution in [3.63, 3.8) is 0 Å². The third kappa shape index (κ3) is 24.6. The number of carbonyl (C=O) groups is 2. The second kappa shape index (κ2) is 24.9. The molecule has 13 heteroatoms. The van der Waals surface area contributed by atoms with Crippen molar-refractivity contribution in [2.24, 2.45) is 0 Å². The molecule has 0 aliphatic heterocycles. The highest BCUT2D eigenvalue weighted by Crippen LogP contribution is 2.15. The molecule has 0 saturated carbocycles. The first-order valence-corrected chi connectivity index (χ1v) is 14.7. The Morgan fingerprint density at radius 2 is 1.00 bits per heavy atom. The average Bonchev–Trinajstić information content (AvgIpc) is 2.94. The Balaban J connectivity index is 1.74. The van der Waals surface area contributed by atoms with Crippen LogP contribution in [-0.2, 0) is 42.7 Å². The van der Waals surface area contributed by atoms with E-state index in [2.05, 4.69) is 5.32 Å². The van der Waals surface area contributed by atoms with Crippen LogP contribution >= 0.6 is 0 Å². The highest BCUT2D eigenvalue weighted by Gasteiger charge is 2.19. The Labute approximate surface area is 256 Å². The van der Waals surface area contributed by atoms with E-state index in [0.717, 1.165) is 5.69 Å². The van der Waals surface area contributed by atoms with Crippen LogP contribution in [0.5, 0.6) is 5.75 Å². The van der Waals surface area contributed by atoms with E-state index in [9.17, 15) is 9.59 Å². The van der Waals surface area contributed by atoms with Gasteiger partial charge in [0.25, 0.3) is 0 Å². The van der Waals surface area contributed by atoms with Gasteiger partial charge in [-0.05, 0) is 45.0 Å². The fourth-order valence-corrected chi connectivity index (χ4v) is 3.11. The Morgan fingerprint density at radius 3 is 1.37 bits per heavy atom. The monoisotopic (exact) mass is 616 g/mol.